The van der Waals surface area contributed by atoms with E-state index >= 15 is 0 Å². The number of pyridine rings is 1. The van der Waals surface area contributed by atoms with E-state index in [4.69, 9.17) is 18.9 Å². The summed E-state index contributed by atoms with van der Waals surface area (Å²) in [7, 11) is 1.36. The predicted octanol–water partition coefficient (Wildman–Crippen LogP) is 5.98. The molecule has 0 amide bonds. The van der Waals surface area contributed by atoms with Crippen molar-refractivity contribution < 1.29 is 46.5 Å². The Morgan fingerprint density at radius 1 is 0.927 bits per heavy atom. The molecule has 0 radical (unpaired) electrons. The molecule has 0 saturated heterocycles. The van der Waals surface area contributed by atoms with Crippen LogP contribution in [0.2, 0.25) is 0 Å². The highest BCUT2D eigenvalue weighted by atomic mass is 19.4. The van der Waals surface area contributed by atoms with Crippen LogP contribution in [0.1, 0.15) is 60.3 Å². The summed E-state index contributed by atoms with van der Waals surface area (Å²) in [5.41, 5.74) is 0.373. The molecule has 0 unspecified atom stereocenters. The van der Waals surface area contributed by atoms with Gasteiger partial charge in [0.05, 0.1) is 18.6 Å². The quantitative estimate of drug-likeness (QED) is 0.148. The maximum Gasteiger partial charge on any atom is 0.416 e. The lowest BCUT2D eigenvalue weighted by molar-refractivity contribution is -0.153. The van der Waals surface area contributed by atoms with E-state index in [0.717, 1.165) is 17.7 Å². The van der Waals surface area contributed by atoms with Gasteiger partial charge in [-0.05, 0) is 30.2 Å². The van der Waals surface area contributed by atoms with E-state index in [1.54, 1.807) is 37.3 Å². The van der Waals surface area contributed by atoms with Gasteiger partial charge in [-0.3, -0.25) is 14.4 Å². The normalized spacial score (nSPS) is 13.4. The van der Waals surface area contributed by atoms with Crippen LogP contribution in [0, 0.1) is 5.92 Å². The van der Waals surface area contributed by atoms with Crippen molar-refractivity contribution in [3.05, 3.63) is 89.2 Å². The third kappa shape index (κ3) is 8.29. The summed E-state index contributed by atoms with van der Waals surface area (Å²) in [6.45, 7) is 3.89. The zero-order valence-corrected chi connectivity index (χ0v) is 22.9. The fraction of sp³-hybridized carbons (Fsp3) is 0.333. The average Bonchev–Trinajstić information content (AvgIpc) is 2.93. The minimum absolute atomic E-state index is 0.0402. The van der Waals surface area contributed by atoms with Crippen LogP contribution >= 0.6 is 0 Å². The van der Waals surface area contributed by atoms with Crippen molar-refractivity contribution in [3.8, 4) is 11.5 Å². The standard InChI is InChI=1S/C30H30F3NO7/c1-18(16-24(36)27-28(40-17-39-20(3)35)25(38-4)14-15-34-27)29(37)41-19(2)26(21-8-6-5-7-9-21)22-10-12-23(13-11-22)30(31,32)33/h5-15,18-19,26H,16-17H2,1-4H3/t18-,19+,26+/m1/s1. The second kappa shape index (κ2) is 13.8. The SMILES string of the molecule is COc1ccnc(C(=O)C[C@@H](C)C(=O)O[C@@H](C)[C@@H](c2ccccc2)c2ccc(C(F)(F)F)cc2)c1OCOC(C)=O. The second-order valence-corrected chi connectivity index (χ2v) is 9.27. The molecule has 1 heterocycles. The molecule has 0 aliphatic heterocycles. The number of ether oxygens (including phenoxy) is 4. The molecular weight excluding hydrogens is 543 g/mol. The molecule has 8 nitrogen and oxygen atoms in total. The van der Waals surface area contributed by atoms with Crippen LogP contribution in [0.3, 0.4) is 0 Å². The van der Waals surface area contributed by atoms with Crippen LogP contribution < -0.4 is 9.47 Å². The molecular formula is C30H30F3NO7. The Hall–Kier alpha value is -4.41. The van der Waals surface area contributed by atoms with Crippen molar-refractivity contribution in [3.63, 3.8) is 0 Å². The number of halogens is 3. The third-order valence-electron chi connectivity index (χ3n) is 6.24. The number of carbonyl (C=O) groups excluding carboxylic acids is 3. The highest BCUT2D eigenvalue weighted by Crippen LogP contribution is 2.35. The molecule has 0 saturated carbocycles. The molecule has 2 aromatic carbocycles. The van der Waals surface area contributed by atoms with E-state index < -0.39 is 54.2 Å². The van der Waals surface area contributed by atoms with Crippen molar-refractivity contribution >= 4 is 17.7 Å². The fourth-order valence-electron chi connectivity index (χ4n) is 4.20. The van der Waals surface area contributed by atoms with Crippen LogP contribution in [0.5, 0.6) is 11.5 Å². The van der Waals surface area contributed by atoms with Gasteiger partial charge in [0.25, 0.3) is 0 Å². The van der Waals surface area contributed by atoms with Gasteiger partial charge in [0, 0.05) is 31.5 Å². The largest absolute Gasteiger partial charge is 0.493 e. The summed E-state index contributed by atoms with van der Waals surface area (Å²) >= 11 is 0. The number of Topliss-reactive ketones (excluding diaryl/α,β-unsaturated/α-hetero) is 1. The Bertz CT molecular complexity index is 1340. The van der Waals surface area contributed by atoms with E-state index in [-0.39, 0.29) is 23.6 Å². The van der Waals surface area contributed by atoms with Crippen molar-refractivity contribution in [2.45, 2.75) is 45.4 Å². The first-order valence-electron chi connectivity index (χ1n) is 12.7. The first-order valence-corrected chi connectivity index (χ1v) is 12.7. The van der Waals surface area contributed by atoms with Gasteiger partial charge in [0.2, 0.25) is 6.79 Å². The van der Waals surface area contributed by atoms with E-state index in [2.05, 4.69) is 4.98 Å². The Labute approximate surface area is 235 Å². The number of methoxy groups -OCH3 is 1. The zero-order valence-electron chi connectivity index (χ0n) is 22.9. The highest BCUT2D eigenvalue weighted by Gasteiger charge is 2.32. The number of esters is 2. The minimum atomic E-state index is -4.48. The number of rotatable bonds is 12. The van der Waals surface area contributed by atoms with Crippen LogP contribution in [0.25, 0.3) is 0 Å². The van der Waals surface area contributed by atoms with Crippen LogP contribution in [-0.2, 0) is 25.2 Å². The van der Waals surface area contributed by atoms with Gasteiger partial charge in [0.15, 0.2) is 23.0 Å². The van der Waals surface area contributed by atoms with E-state index in [9.17, 15) is 27.6 Å². The highest BCUT2D eigenvalue weighted by molar-refractivity contribution is 5.99. The van der Waals surface area contributed by atoms with E-state index in [0.29, 0.717) is 5.56 Å². The summed E-state index contributed by atoms with van der Waals surface area (Å²) in [5.74, 6) is -3.13. The van der Waals surface area contributed by atoms with Crippen LogP contribution in [0.15, 0.2) is 66.9 Å². The van der Waals surface area contributed by atoms with Gasteiger partial charge in [-0.15, -0.1) is 0 Å². The van der Waals surface area contributed by atoms with Crippen LogP contribution in [-0.4, -0.2) is 42.7 Å². The summed E-state index contributed by atoms with van der Waals surface area (Å²) in [6, 6.07) is 15.1. The maximum atomic E-state index is 13.1. The molecule has 11 heteroatoms. The van der Waals surface area contributed by atoms with Crippen molar-refractivity contribution in [1.82, 2.24) is 4.98 Å². The number of benzene rings is 2. The Morgan fingerprint density at radius 3 is 2.15 bits per heavy atom. The molecule has 0 N–H and O–H groups in total. The molecule has 1 aromatic heterocycles. The third-order valence-corrected chi connectivity index (χ3v) is 6.24. The fourth-order valence-corrected chi connectivity index (χ4v) is 4.20. The van der Waals surface area contributed by atoms with Gasteiger partial charge in [-0.25, -0.2) is 4.98 Å². The zero-order chi connectivity index (χ0) is 30.2. The summed E-state index contributed by atoms with van der Waals surface area (Å²) in [4.78, 5) is 41.3. The van der Waals surface area contributed by atoms with Gasteiger partial charge in [-0.1, -0.05) is 49.4 Å². The molecule has 218 valence electrons. The smallest absolute Gasteiger partial charge is 0.416 e. The van der Waals surface area contributed by atoms with Crippen LogP contribution in [0.4, 0.5) is 13.2 Å². The number of hydrogen-bond donors (Lipinski definition) is 0. The van der Waals surface area contributed by atoms with Gasteiger partial charge >= 0.3 is 18.1 Å². The lowest BCUT2D eigenvalue weighted by Crippen LogP contribution is -2.28. The van der Waals surface area contributed by atoms with E-state index in [1.165, 1.54) is 45.4 Å². The molecule has 0 bridgehead atoms. The average molecular weight is 574 g/mol. The monoisotopic (exact) mass is 573 g/mol. The molecule has 0 spiro atoms. The molecule has 0 aliphatic carbocycles. The Morgan fingerprint density at radius 2 is 1.56 bits per heavy atom. The summed E-state index contributed by atoms with van der Waals surface area (Å²) in [5, 5.41) is 0. The lowest BCUT2D eigenvalue weighted by Gasteiger charge is -2.26. The molecule has 3 rings (SSSR count). The Kier molecular flexibility index (Phi) is 10.5. The Balaban J connectivity index is 1.77. The van der Waals surface area contributed by atoms with Crippen molar-refractivity contribution in [2.75, 3.05) is 13.9 Å². The van der Waals surface area contributed by atoms with Gasteiger partial charge in [-0.2, -0.15) is 13.2 Å². The second-order valence-electron chi connectivity index (χ2n) is 9.27. The number of aromatic nitrogens is 1. The lowest BCUT2D eigenvalue weighted by atomic mass is 9.86. The number of carbonyl (C=O) groups is 3. The minimum Gasteiger partial charge on any atom is -0.493 e. The first-order chi connectivity index (χ1) is 19.4. The van der Waals surface area contributed by atoms with Crippen molar-refractivity contribution in [2.24, 2.45) is 5.92 Å². The molecule has 3 aromatic rings. The number of hydrogen-bond acceptors (Lipinski definition) is 8. The molecule has 0 fully saturated rings. The summed E-state index contributed by atoms with van der Waals surface area (Å²) in [6.07, 6.45) is -4.21. The first kappa shape index (κ1) is 31.1. The van der Waals surface area contributed by atoms with Gasteiger partial charge < -0.3 is 18.9 Å². The van der Waals surface area contributed by atoms with Crippen molar-refractivity contribution in [1.29, 1.82) is 0 Å². The molecule has 41 heavy (non-hydrogen) atoms. The molecule has 3 atom stereocenters. The number of alkyl halides is 3. The number of ketones is 1. The number of nitrogens with zero attached hydrogens (tertiary/aromatic N) is 1. The predicted molar refractivity (Wildman–Crippen MR) is 141 cm³/mol. The maximum absolute atomic E-state index is 13.1. The topological polar surface area (TPSA) is 101 Å². The summed E-state index contributed by atoms with van der Waals surface area (Å²) < 4.78 is 60.5. The van der Waals surface area contributed by atoms with E-state index in [1.807, 2.05) is 0 Å². The molecule has 0 aliphatic rings. The van der Waals surface area contributed by atoms with Gasteiger partial charge in [0.1, 0.15) is 6.10 Å².